The van der Waals surface area contributed by atoms with Crippen LogP contribution in [-0.4, -0.2) is 11.5 Å². The molecule has 0 unspecified atom stereocenters. The van der Waals surface area contributed by atoms with Crippen LogP contribution >= 0.6 is 23.2 Å². The molecule has 1 aromatic heterocycles. The summed E-state index contributed by atoms with van der Waals surface area (Å²) in [6.45, 7) is 0.573. The van der Waals surface area contributed by atoms with E-state index >= 15 is 0 Å². The summed E-state index contributed by atoms with van der Waals surface area (Å²) in [6.07, 6.45) is 0.767. The number of oxazole rings is 1. The molecule has 5 heteroatoms. The highest BCUT2D eigenvalue weighted by Gasteiger charge is 2.14. The first kappa shape index (κ1) is 13.4. The normalized spacial score (nSPS) is 11.2. The lowest BCUT2D eigenvalue weighted by molar-refractivity contribution is 0.619. The van der Waals surface area contributed by atoms with Crippen molar-refractivity contribution in [2.45, 2.75) is 6.42 Å². The van der Waals surface area contributed by atoms with E-state index in [-0.39, 0.29) is 0 Å². The van der Waals surface area contributed by atoms with Crippen LogP contribution in [-0.2, 0) is 6.42 Å². The third-order valence-corrected chi connectivity index (χ3v) is 3.57. The van der Waals surface area contributed by atoms with E-state index in [4.69, 9.17) is 33.4 Å². The smallest absolute Gasteiger partial charge is 0.227 e. The van der Waals surface area contributed by atoms with Gasteiger partial charge in [-0.2, -0.15) is 0 Å². The number of fused-ring (bicyclic) bond motifs is 1. The van der Waals surface area contributed by atoms with Crippen molar-refractivity contribution >= 4 is 34.3 Å². The first-order chi connectivity index (χ1) is 9.69. The predicted molar refractivity (Wildman–Crippen MR) is 82.2 cm³/mol. The molecule has 3 nitrogen and oxygen atoms in total. The number of aromatic nitrogens is 1. The molecule has 0 fully saturated rings. The molecule has 0 aliphatic carbocycles. The van der Waals surface area contributed by atoms with Gasteiger partial charge in [0.2, 0.25) is 5.89 Å². The Bertz CT molecular complexity index is 768. The number of benzene rings is 2. The Morgan fingerprint density at radius 2 is 1.95 bits per heavy atom. The molecule has 0 spiro atoms. The fourth-order valence-corrected chi connectivity index (χ4v) is 2.70. The zero-order valence-corrected chi connectivity index (χ0v) is 12.1. The SMILES string of the molecule is NCCc1ccccc1-c1nc2cc(Cl)cc(Cl)c2o1. The lowest BCUT2D eigenvalue weighted by atomic mass is 10.0. The van der Waals surface area contributed by atoms with Gasteiger partial charge < -0.3 is 10.2 Å². The second-order valence-electron chi connectivity index (χ2n) is 4.45. The topological polar surface area (TPSA) is 52.0 Å². The first-order valence-electron chi connectivity index (χ1n) is 6.23. The summed E-state index contributed by atoms with van der Waals surface area (Å²) in [5.74, 6) is 0.535. The Morgan fingerprint density at radius 3 is 2.75 bits per heavy atom. The molecule has 3 aromatic rings. The zero-order valence-electron chi connectivity index (χ0n) is 10.6. The molecule has 20 heavy (non-hydrogen) atoms. The van der Waals surface area contributed by atoms with E-state index in [2.05, 4.69) is 4.98 Å². The number of rotatable bonds is 3. The van der Waals surface area contributed by atoms with Gasteiger partial charge in [0, 0.05) is 10.6 Å². The van der Waals surface area contributed by atoms with Gasteiger partial charge in [-0.05, 0) is 36.7 Å². The Morgan fingerprint density at radius 1 is 1.15 bits per heavy atom. The van der Waals surface area contributed by atoms with Gasteiger partial charge in [0.1, 0.15) is 5.52 Å². The van der Waals surface area contributed by atoms with E-state index < -0.39 is 0 Å². The van der Waals surface area contributed by atoms with Crippen LogP contribution in [0, 0.1) is 0 Å². The average molecular weight is 307 g/mol. The van der Waals surface area contributed by atoms with Crippen LogP contribution in [0.15, 0.2) is 40.8 Å². The molecule has 1 heterocycles. The fourth-order valence-electron chi connectivity index (χ4n) is 2.18. The second kappa shape index (κ2) is 5.44. The third-order valence-electron chi connectivity index (χ3n) is 3.07. The van der Waals surface area contributed by atoms with Crippen LogP contribution in [0.4, 0.5) is 0 Å². The largest absolute Gasteiger partial charge is 0.434 e. The summed E-state index contributed by atoms with van der Waals surface area (Å²) >= 11 is 12.1. The van der Waals surface area contributed by atoms with Gasteiger partial charge in [0.05, 0.1) is 5.02 Å². The number of nitrogens with two attached hydrogens (primary N) is 1. The Labute approximate surface area is 126 Å². The maximum atomic E-state index is 6.13. The Balaban J connectivity index is 2.18. The van der Waals surface area contributed by atoms with E-state index in [1.165, 1.54) is 0 Å². The van der Waals surface area contributed by atoms with Gasteiger partial charge in [-0.25, -0.2) is 4.98 Å². The summed E-state index contributed by atoms with van der Waals surface area (Å²) in [5, 5.41) is 1.00. The maximum absolute atomic E-state index is 6.13. The quantitative estimate of drug-likeness (QED) is 0.784. The molecule has 0 saturated carbocycles. The van der Waals surface area contributed by atoms with E-state index in [1.807, 2.05) is 24.3 Å². The first-order valence-corrected chi connectivity index (χ1v) is 6.98. The number of hydrogen-bond acceptors (Lipinski definition) is 3. The highest BCUT2D eigenvalue weighted by Crippen LogP contribution is 2.33. The molecule has 0 atom stereocenters. The highest BCUT2D eigenvalue weighted by molar-refractivity contribution is 6.38. The lowest BCUT2D eigenvalue weighted by Gasteiger charge is -2.04. The van der Waals surface area contributed by atoms with Gasteiger partial charge in [-0.3, -0.25) is 0 Å². The molecule has 2 N–H and O–H groups in total. The minimum absolute atomic E-state index is 0.461. The Kier molecular flexibility index (Phi) is 3.66. The van der Waals surface area contributed by atoms with Crippen molar-refractivity contribution in [3.8, 4) is 11.5 Å². The minimum Gasteiger partial charge on any atom is -0.434 e. The molecule has 2 aromatic carbocycles. The van der Waals surface area contributed by atoms with E-state index in [9.17, 15) is 0 Å². The summed E-state index contributed by atoms with van der Waals surface area (Å²) in [5.41, 5.74) is 8.87. The molecule has 0 bridgehead atoms. The van der Waals surface area contributed by atoms with E-state index in [1.54, 1.807) is 12.1 Å². The van der Waals surface area contributed by atoms with Crippen molar-refractivity contribution < 1.29 is 4.42 Å². The Hall–Kier alpha value is -1.55. The number of halogens is 2. The molecule has 102 valence electrons. The predicted octanol–water partition coefficient (Wildman–Crippen LogP) is 4.30. The standard InChI is InChI=1S/C15H12Cl2N2O/c16-10-7-12(17)14-13(8-10)19-15(20-14)11-4-2-1-3-9(11)5-6-18/h1-4,7-8H,5-6,18H2. The van der Waals surface area contributed by atoms with Crippen LogP contribution in [0.3, 0.4) is 0 Å². The molecule has 0 amide bonds. The summed E-state index contributed by atoms with van der Waals surface area (Å²) < 4.78 is 5.78. The third kappa shape index (κ3) is 2.40. The van der Waals surface area contributed by atoms with Gasteiger partial charge in [-0.1, -0.05) is 41.4 Å². The van der Waals surface area contributed by atoms with Crippen molar-refractivity contribution in [3.05, 3.63) is 52.0 Å². The average Bonchev–Trinajstić information content (AvgIpc) is 2.83. The van der Waals surface area contributed by atoms with Gasteiger partial charge in [0.25, 0.3) is 0 Å². The summed E-state index contributed by atoms with van der Waals surface area (Å²) in [6, 6.07) is 11.3. The second-order valence-corrected chi connectivity index (χ2v) is 5.29. The lowest BCUT2D eigenvalue weighted by Crippen LogP contribution is -2.03. The summed E-state index contributed by atoms with van der Waals surface area (Å²) in [4.78, 5) is 4.47. The van der Waals surface area contributed by atoms with Crippen LogP contribution in [0.2, 0.25) is 10.0 Å². The van der Waals surface area contributed by atoms with E-state index in [0.29, 0.717) is 33.6 Å². The number of hydrogen-bond donors (Lipinski definition) is 1. The van der Waals surface area contributed by atoms with Crippen molar-refractivity contribution in [2.24, 2.45) is 5.73 Å². The fraction of sp³-hybridized carbons (Fsp3) is 0.133. The molecule has 0 aliphatic rings. The van der Waals surface area contributed by atoms with Crippen molar-refractivity contribution in [1.82, 2.24) is 4.98 Å². The summed E-state index contributed by atoms with van der Waals surface area (Å²) in [7, 11) is 0. The molecule has 0 radical (unpaired) electrons. The molecular weight excluding hydrogens is 295 g/mol. The van der Waals surface area contributed by atoms with Crippen molar-refractivity contribution in [3.63, 3.8) is 0 Å². The number of nitrogens with zero attached hydrogens (tertiary/aromatic N) is 1. The van der Waals surface area contributed by atoms with Gasteiger partial charge >= 0.3 is 0 Å². The maximum Gasteiger partial charge on any atom is 0.227 e. The molecular formula is C15H12Cl2N2O. The van der Waals surface area contributed by atoms with Gasteiger partial charge in [-0.15, -0.1) is 0 Å². The zero-order chi connectivity index (χ0) is 14.1. The van der Waals surface area contributed by atoms with Crippen LogP contribution in [0.1, 0.15) is 5.56 Å². The van der Waals surface area contributed by atoms with Crippen molar-refractivity contribution in [1.29, 1.82) is 0 Å². The molecule has 0 aliphatic heterocycles. The molecule has 0 saturated heterocycles. The van der Waals surface area contributed by atoms with E-state index in [0.717, 1.165) is 17.5 Å². The van der Waals surface area contributed by atoms with Crippen LogP contribution in [0.5, 0.6) is 0 Å². The minimum atomic E-state index is 0.461. The highest BCUT2D eigenvalue weighted by atomic mass is 35.5. The van der Waals surface area contributed by atoms with Crippen molar-refractivity contribution in [2.75, 3.05) is 6.54 Å². The van der Waals surface area contributed by atoms with Crippen LogP contribution in [0.25, 0.3) is 22.6 Å². The van der Waals surface area contributed by atoms with Gasteiger partial charge in [0.15, 0.2) is 5.58 Å². The monoisotopic (exact) mass is 306 g/mol. The molecule has 3 rings (SSSR count). The van der Waals surface area contributed by atoms with Crippen LogP contribution < -0.4 is 5.73 Å².